The van der Waals surface area contributed by atoms with Crippen molar-refractivity contribution in [2.24, 2.45) is 16.8 Å². The fraction of sp³-hybridized carbons (Fsp3) is 0.923. The fourth-order valence-electron chi connectivity index (χ4n) is 1.56. The largest absolute Gasteiger partial charge is 0.379 e. The third-order valence-electron chi connectivity index (χ3n) is 2.73. The summed E-state index contributed by atoms with van der Waals surface area (Å²) in [4.78, 5) is 4.49. The molecule has 0 spiro atoms. The van der Waals surface area contributed by atoms with Crippen LogP contribution in [0.3, 0.4) is 0 Å². The van der Waals surface area contributed by atoms with E-state index in [1.54, 1.807) is 0 Å². The predicted molar refractivity (Wildman–Crippen MR) is 87.8 cm³/mol. The van der Waals surface area contributed by atoms with Crippen LogP contribution in [0.25, 0.3) is 0 Å². The minimum absolute atomic E-state index is 0. The molecule has 0 bridgehead atoms. The minimum Gasteiger partial charge on any atom is -0.379 e. The lowest BCUT2D eigenvalue weighted by Crippen LogP contribution is -2.39. The number of aliphatic imine (C=N–C) groups is 1. The van der Waals surface area contributed by atoms with Gasteiger partial charge >= 0.3 is 0 Å². The zero-order chi connectivity index (χ0) is 12.7. The first-order chi connectivity index (χ1) is 8.13. The Morgan fingerprint density at radius 3 is 2.61 bits per heavy atom. The zero-order valence-electron chi connectivity index (χ0n) is 12.0. The molecule has 108 valence electrons. The molecule has 0 aromatic carbocycles. The molecular weight excluding hydrogens is 341 g/mol. The standard InChI is InChI=1S/C13H27N3O.HI/c1-5-14-13(16-12-8-11(12)4)15-6-7-17-9-10(2)3;/h10-12H,5-9H2,1-4H3,(H2,14,15,16);1H. The Balaban J connectivity index is 0.00000289. The Bertz CT molecular complexity index is 246. The van der Waals surface area contributed by atoms with E-state index in [1.807, 2.05) is 0 Å². The van der Waals surface area contributed by atoms with Gasteiger partial charge in [0.15, 0.2) is 5.96 Å². The number of hydrogen-bond acceptors (Lipinski definition) is 2. The molecule has 0 aromatic rings. The van der Waals surface area contributed by atoms with Crippen molar-refractivity contribution >= 4 is 29.9 Å². The number of hydrogen-bond donors (Lipinski definition) is 2. The van der Waals surface area contributed by atoms with E-state index in [0.717, 1.165) is 31.6 Å². The fourth-order valence-corrected chi connectivity index (χ4v) is 1.56. The SMILES string of the molecule is CCNC(=NCCOCC(C)C)NC1CC1C.I. The van der Waals surface area contributed by atoms with Gasteiger partial charge in [0, 0.05) is 19.2 Å². The highest BCUT2D eigenvalue weighted by Gasteiger charge is 2.33. The van der Waals surface area contributed by atoms with Crippen LogP contribution < -0.4 is 10.6 Å². The second-order valence-corrected chi connectivity index (χ2v) is 5.19. The predicted octanol–water partition coefficient (Wildman–Crippen LogP) is 2.24. The molecule has 0 aromatic heterocycles. The highest BCUT2D eigenvalue weighted by atomic mass is 127. The third kappa shape index (κ3) is 8.13. The molecule has 1 saturated carbocycles. The average molecular weight is 369 g/mol. The Kier molecular flexibility index (Phi) is 9.81. The van der Waals surface area contributed by atoms with Gasteiger partial charge in [0.1, 0.15) is 0 Å². The van der Waals surface area contributed by atoms with Crippen molar-refractivity contribution in [2.75, 3.05) is 26.3 Å². The molecule has 2 N–H and O–H groups in total. The van der Waals surface area contributed by atoms with Crippen molar-refractivity contribution in [2.45, 2.75) is 40.2 Å². The summed E-state index contributed by atoms with van der Waals surface area (Å²) >= 11 is 0. The number of ether oxygens (including phenoxy) is 1. The van der Waals surface area contributed by atoms with Crippen LogP contribution in [0.15, 0.2) is 4.99 Å². The van der Waals surface area contributed by atoms with Crippen LogP contribution in [0, 0.1) is 11.8 Å². The van der Waals surface area contributed by atoms with Gasteiger partial charge in [-0.3, -0.25) is 4.99 Å². The highest BCUT2D eigenvalue weighted by molar-refractivity contribution is 14.0. The first-order valence-electron chi connectivity index (χ1n) is 6.76. The van der Waals surface area contributed by atoms with Crippen molar-refractivity contribution < 1.29 is 4.74 Å². The summed E-state index contributed by atoms with van der Waals surface area (Å²) < 4.78 is 5.50. The lowest BCUT2D eigenvalue weighted by Gasteiger charge is -2.11. The highest BCUT2D eigenvalue weighted by Crippen LogP contribution is 2.28. The van der Waals surface area contributed by atoms with E-state index in [-0.39, 0.29) is 24.0 Å². The van der Waals surface area contributed by atoms with Crippen molar-refractivity contribution in [3.8, 4) is 0 Å². The van der Waals surface area contributed by atoms with Gasteiger partial charge in [-0.05, 0) is 25.2 Å². The first kappa shape index (κ1) is 18.0. The van der Waals surface area contributed by atoms with Crippen LogP contribution in [0.5, 0.6) is 0 Å². The number of guanidine groups is 1. The third-order valence-corrected chi connectivity index (χ3v) is 2.73. The van der Waals surface area contributed by atoms with Crippen molar-refractivity contribution in [1.82, 2.24) is 10.6 Å². The van der Waals surface area contributed by atoms with Crippen LogP contribution >= 0.6 is 24.0 Å². The molecule has 1 rings (SSSR count). The van der Waals surface area contributed by atoms with Crippen LogP contribution in [0.2, 0.25) is 0 Å². The van der Waals surface area contributed by atoms with E-state index in [0.29, 0.717) is 18.6 Å². The maximum absolute atomic E-state index is 5.50. The lowest BCUT2D eigenvalue weighted by molar-refractivity contribution is 0.117. The molecule has 1 aliphatic rings. The molecule has 18 heavy (non-hydrogen) atoms. The molecule has 2 unspecified atom stereocenters. The van der Waals surface area contributed by atoms with Crippen LogP contribution in [0.4, 0.5) is 0 Å². The van der Waals surface area contributed by atoms with Gasteiger partial charge in [-0.15, -0.1) is 24.0 Å². The zero-order valence-corrected chi connectivity index (χ0v) is 14.4. The summed E-state index contributed by atoms with van der Waals surface area (Å²) in [5, 5.41) is 6.68. The van der Waals surface area contributed by atoms with Gasteiger partial charge in [0.2, 0.25) is 0 Å². The van der Waals surface area contributed by atoms with E-state index < -0.39 is 0 Å². The van der Waals surface area contributed by atoms with Crippen molar-refractivity contribution in [3.63, 3.8) is 0 Å². The first-order valence-corrected chi connectivity index (χ1v) is 6.76. The molecule has 0 radical (unpaired) electrons. The molecule has 4 nitrogen and oxygen atoms in total. The number of nitrogens with zero attached hydrogens (tertiary/aromatic N) is 1. The molecule has 5 heteroatoms. The summed E-state index contributed by atoms with van der Waals surface area (Å²) in [7, 11) is 0. The normalized spacial score (nSPS) is 22.6. The van der Waals surface area contributed by atoms with Gasteiger partial charge in [0.05, 0.1) is 13.2 Å². The van der Waals surface area contributed by atoms with Crippen molar-refractivity contribution in [3.05, 3.63) is 0 Å². The molecule has 1 fully saturated rings. The monoisotopic (exact) mass is 369 g/mol. The summed E-state index contributed by atoms with van der Waals surface area (Å²) in [6.07, 6.45) is 1.26. The number of rotatable bonds is 7. The number of halogens is 1. The second-order valence-electron chi connectivity index (χ2n) is 5.19. The quantitative estimate of drug-likeness (QED) is 0.313. The maximum atomic E-state index is 5.50. The van der Waals surface area contributed by atoms with E-state index >= 15 is 0 Å². The molecule has 0 heterocycles. The molecule has 2 atom stereocenters. The molecule has 1 aliphatic carbocycles. The van der Waals surface area contributed by atoms with Gasteiger partial charge < -0.3 is 15.4 Å². The Hall–Kier alpha value is -0.0400. The maximum Gasteiger partial charge on any atom is 0.191 e. The smallest absolute Gasteiger partial charge is 0.191 e. The Morgan fingerprint density at radius 1 is 1.44 bits per heavy atom. The summed E-state index contributed by atoms with van der Waals surface area (Å²) in [5.74, 6) is 2.31. The van der Waals surface area contributed by atoms with Crippen LogP contribution in [0.1, 0.15) is 34.1 Å². The van der Waals surface area contributed by atoms with Gasteiger partial charge in [-0.1, -0.05) is 20.8 Å². The molecule has 0 aliphatic heterocycles. The van der Waals surface area contributed by atoms with E-state index in [9.17, 15) is 0 Å². The van der Waals surface area contributed by atoms with Crippen LogP contribution in [-0.4, -0.2) is 38.3 Å². The summed E-state index contributed by atoms with van der Waals surface area (Å²) in [6, 6.07) is 0.615. The minimum atomic E-state index is 0. The Labute approximate surface area is 128 Å². The summed E-state index contributed by atoms with van der Waals surface area (Å²) in [5.41, 5.74) is 0. The number of nitrogens with one attached hydrogen (secondary N) is 2. The van der Waals surface area contributed by atoms with E-state index in [4.69, 9.17) is 4.74 Å². The van der Waals surface area contributed by atoms with E-state index in [2.05, 4.69) is 43.3 Å². The van der Waals surface area contributed by atoms with Gasteiger partial charge in [-0.2, -0.15) is 0 Å². The molecule has 0 saturated heterocycles. The van der Waals surface area contributed by atoms with Crippen molar-refractivity contribution in [1.29, 1.82) is 0 Å². The Morgan fingerprint density at radius 2 is 2.11 bits per heavy atom. The second kappa shape index (κ2) is 9.83. The lowest BCUT2D eigenvalue weighted by atomic mass is 10.2. The van der Waals surface area contributed by atoms with Crippen LogP contribution in [-0.2, 0) is 4.74 Å². The summed E-state index contributed by atoms with van der Waals surface area (Å²) in [6.45, 7) is 11.8. The van der Waals surface area contributed by atoms with Gasteiger partial charge in [-0.25, -0.2) is 0 Å². The topological polar surface area (TPSA) is 45.7 Å². The van der Waals surface area contributed by atoms with E-state index in [1.165, 1.54) is 6.42 Å². The molecular formula is C13H28IN3O. The van der Waals surface area contributed by atoms with Gasteiger partial charge in [0.25, 0.3) is 0 Å². The average Bonchev–Trinajstić information content (AvgIpc) is 2.93. The molecule has 0 amide bonds.